The van der Waals surface area contributed by atoms with Crippen LogP contribution in [0.15, 0.2) is 77.7 Å². The number of sulfonamides is 1. The number of hydrogen-bond donors (Lipinski definition) is 1. The van der Waals surface area contributed by atoms with Gasteiger partial charge in [0.05, 0.1) is 17.1 Å². The average molecular weight is 526 g/mol. The molecule has 1 atom stereocenters. The smallest absolute Gasteiger partial charge is 0.264 e. The number of carbonyl (C=O) groups excluding carboxylic acids is 1. The third-order valence-electron chi connectivity index (χ3n) is 6.58. The molecule has 3 aromatic carbocycles. The molecular formula is C27H28ClN3O4S. The van der Waals surface area contributed by atoms with Crippen molar-refractivity contribution in [2.24, 2.45) is 0 Å². The van der Waals surface area contributed by atoms with Gasteiger partial charge in [-0.15, -0.1) is 0 Å². The van der Waals surface area contributed by atoms with Crippen LogP contribution < -0.4 is 14.4 Å². The fourth-order valence-electron chi connectivity index (χ4n) is 4.67. The highest BCUT2D eigenvalue weighted by atomic mass is 35.5. The van der Waals surface area contributed by atoms with Gasteiger partial charge in [-0.1, -0.05) is 54.1 Å². The molecule has 0 spiro atoms. The predicted octanol–water partition coefficient (Wildman–Crippen LogP) is 4.21. The van der Waals surface area contributed by atoms with Gasteiger partial charge in [-0.25, -0.2) is 8.42 Å². The van der Waals surface area contributed by atoms with E-state index in [-0.39, 0.29) is 17.3 Å². The average Bonchev–Trinajstić information content (AvgIpc) is 3.41. The first-order valence-electron chi connectivity index (χ1n) is 12.0. The van der Waals surface area contributed by atoms with Crippen LogP contribution >= 0.6 is 11.6 Å². The summed E-state index contributed by atoms with van der Waals surface area (Å²) < 4.78 is 34.2. The molecular weight excluding hydrogens is 498 g/mol. The number of nitrogens with one attached hydrogen (secondary N) is 1. The number of ether oxygens (including phenoxy) is 1. The van der Waals surface area contributed by atoms with Gasteiger partial charge in [0.15, 0.2) is 6.10 Å². The third-order valence-corrected chi connectivity index (χ3v) is 8.61. The zero-order valence-corrected chi connectivity index (χ0v) is 21.3. The summed E-state index contributed by atoms with van der Waals surface area (Å²) in [6, 6.07) is 21.0. The second kappa shape index (κ2) is 10.5. The van der Waals surface area contributed by atoms with E-state index in [9.17, 15) is 13.2 Å². The number of fused-ring (bicyclic) bond motifs is 1. The van der Waals surface area contributed by atoms with Gasteiger partial charge in [0.2, 0.25) is 0 Å². The molecule has 2 aliphatic heterocycles. The summed E-state index contributed by atoms with van der Waals surface area (Å²) in [5.74, 6) is -0.0837. The molecule has 5 rings (SSSR count). The fourth-order valence-corrected chi connectivity index (χ4v) is 6.33. The van der Waals surface area contributed by atoms with E-state index < -0.39 is 16.1 Å². The molecule has 9 heteroatoms. The lowest BCUT2D eigenvalue weighted by Gasteiger charge is -2.35. The number of rotatable bonds is 7. The highest BCUT2D eigenvalue weighted by Gasteiger charge is 2.37. The number of nitrogens with zero attached hydrogens (tertiary/aromatic N) is 2. The second-order valence-electron chi connectivity index (χ2n) is 9.04. The van der Waals surface area contributed by atoms with Gasteiger partial charge in [-0.2, -0.15) is 0 Å². The highest BCUT2D eigenvalue weighted by Crippen LogP contribution is 2.38. The molecule has 0 aliphatic carbocycles. The van der Waals surface area contributed by atoms with Crippen LogP contribution in [0.4, 0.5) is 5.69 Å². The summed E-state index contributed by atoms with van der Waals surface area (Å²) in [7, 11) is -3.94. The van der Waals surface area contributed by atoms with Crippen LogP contribution in [-0.2, 0) is 27.9 Å². The van der Waals surface area contributed by atoms with Crippen LogP contribution in [0.25, 0.3) is 0 Å². The third kappa shape index (κ3) is 5.21. The molecule has 1 saturated heterocycles. The summed E-state index contributed by atoms with van der Waals surface area (Å²) in [5, 5.41) is 3.34. The van der Waals surface area contributed by atoms with Gasteiger partial charge in [-0.3, -0.25) is 14.0 Å². The van der Waals surface area contributed by atoms with Crippen LogP contribution in [0.2, 0.25) is 5.02 Å². The van der Waals surface area contributed by atoms with E-state index in [1.54, 1.807) is 36.4 Å². The molecule has 1 amide bonds. The molecule has 0 unspecified atom stereocenters. The standard InChI is InChI=1S/C27H28ClN3O4S/c28-22-12-13-25-24(16-22)31(36(33,34)23-10-2-1-3-11-23)19-26(35-25)27(32)29-17-20-8-4-5-9-21(20)18-30-14-6-7-15-30/h1-5,8-13,16,26H,6-7,14-15,17-19H2,(H,29,32)/t26-/m0/s1. The van der Waals surface area contributed by atoms with Gasteiger partial charge in [-0.05, 0) is 67.4 Å². The van der Waals surface area contributed by atoms with Crippen molar-refractivity contribution in [3.63, 3.8) is 0 Å². The normalized spacial score (nSPS) is 17.9. The minimum atomic E-state index is -3.94. The molecule has 188 valence electrons. The van der Waals surface area contributed by atoms with Gasteiger partial charge < -0.3 is 10.1 Å². The van der Waals surface area contributed by atoms with Crippen LogP contribution in [0.1, 0.15) is 24.0 Å². The van der Waals surface area contributed by atoms with E-state index in [0.29, 0.717) is 23.0 Å². The first kappa shape index (κ1) is 24.6. The molecule has 36 heavy (non-hydrogen) atoms. The van der Waals surface area contributed by atoms with Crippen molar-refractivity contribution < 1.29 is 17.9 Å². The van der Waals surface area contributed by atoms with Crippen molar-refractivity contribution in [2.75, 3.05) is 23.9 Å². The molecule has 2 aliphatic rings. The summed E-state index contributed by atoms with van der Waals surface area (Å²) in [6.07, 6.45) is 1.42. The monoisotopic (exact) mass is 525 g/mol. The maximum atomic E-state index is 13.5. The lowest BCUT2D eigenvalue weighted by molar-refractivity contribution is -0.127. The predicted molar refractivity (Wildman–Crippen MR) is 140 cm³/mol. The zero-order chi connectivity index (χ0) is 25.1. The van der Waals surface area contributed by atoms with Crippen LogP contribution in [0.5, 0.6) is 5.75 Å². The maximum absolute atomic E-state index is 13.5. The molecule has 3 aromatic rings. The van der Waals surface area contributed by atoms with E-state index in [1.807, 2.05) is 18.2 Å². The highest BCUT2D eigenvalue weighted by molar-refractivity contribution is 7.92. The SMILES string of the molecule is O=C(NCc1ccccc1CN1CCCC1)[C@@H]1CN(S(=O)(=O)c2ccccc2)c2cc(Cl)ccc2O1. The molecule has 1 N–H and O–H groups in total. The summed E-state index contributed by atoms with van der Waals surface area (Å²) in [5.41, 5.74) is 2.53. The number of likely N-dealkylation sites (tertiary alicyclic amines) is 1. The van der Waals surface area contributed by atoms with Crippen LogP contribution in [0.3, 0.4) is 0 Å². The molecule has 7 nitrogen and oxygen atoms in total. The van der Waals surface area contributed by atoms with Crippen LogP contribution in [-0.4, -0.2) is 45.0 Å². The molecule has 2 heterocycles. The molecule has 0 saturated carbocycles. The van der Waals surface area contributed by atoms with Gasteiger partial charge in [0.25, 0.3) is 15.9 Å². The Bertz CT molecular complexity index is 1340. The Balaban J connectivity index is 1.35. The van der Waals surface area contributed by atoms with Crippen molar-refractivity contribution in [2.45, 2.75) is 36.9 Å². The number of hydrogen-bond acceptors (Lipinski definition) is 5. The number of anilines is 1. The number of benzene rings is 3. The first-order valence-corrected chi connectivity index (χ1v) is 13.8. The lowest BCUT2D eigenvalue weighted by atomic mass is 10.1. The van der Waals surface area contributed by atoms with Gasteiger partial charge in [0.1, 0.15) is 5.75 Å². The zero-order valence-electron chi connectivity index (χ0n) is 19.8. The van der Waals surface area contributed by atoms with Crippen molar-refractivity contribution in [3.8, 4) is 5.75 Å². The molecule has 0 bridgehead atoms. The summed E-state index contributed by atoms with van der Waals surface area (Å²) in [6.45, 7) is 3.20. The van der Waals surface area contributed by atoms with Crippen molar-refractivity contribution in [3.05, 3.63) is 88.9 Å². The Kier molecular flexibility index (Phi) is 7.18. The molecule has 1 fully saturated rings. The first-order chi connectivity index (χ1) is 17.4. The van der Waals surface area contributed by atoms with E-state index >= 15 is 0 Å². The Labute approximate surface area is 216 Å². The van der Waals surface area contributed by atoms with Crippen molar-refractivity contribution in [1.82, 2.24) is 10.2 Å². The minimum absolute atomic E-state index is 0.132. The van der Waals surface area contributed by atoms with Crippen LogP contribution in [0, 0.1) is 0 Å². The fraction of sp³-hybridized carbons (Fsp3) is 0.296. The summed E-state index contributed by atoms with van der Waals surface area (Å²) in [4.78, 5) is 15.8. The van der Waals surface area contributed by atoms with E-state index in [2.05, 4.69) is 16.3 Å². The topological polar surface area (TPSA) is 79.0 Å². The minimum Gasteiger partial charge on any atom is -0.476 e. The number of halogens is 1. The maximum Gasteiger partial charge on any atom is 0.264 e. The second-order valence-corrected chi connectivity index (χ2v) is 11.3. The Morgan fingerprint density at radius 1 is 0.972 bits per heavy atom. The quantitative estimate of drug-likeness (QED) is 0.500. The van der Waals surface area contributed by atoms with E-state index in [4.69, 9.17) is 16.3 Å². The largest absolute Gasteiger partial charge is 0.476 e. The Morgan fingerprint density at radius 3 is 2.42 bits per heavy atom. The summed E-state index contributed by atoms with van der Waals surface area (Å²) >= 11 is 6.17. The number of amides is 1. The van der Waals surface area contributed by atoms with E-state index in [1.165, 1.54) is 34.8 Å². The molecule has 0 aromatic heterocycles. The van der Waals surface area contributed by atoms with Gasteiger partial charge in [0, 0.05) is 18.1 Å². The van der Waals surface area contributed by atoms with Crippen molar-refractivity contribution >= 4 is 33.2 Å². The van der Waals surface area contributed by atoms with Crippen molar-refractivity contribution in [1.29, 1.82) is 0 Å². The Morgan fingerprint density at radius 2 is 1.67 bits per heavy atom. The Hall–Kier alpha value is -3.07. The lowest BCUT2D eigenvalue weighted by Crippen LogP contribution is -2.50. The van der Waals surface area contributed by atoms with E-state index in [0.717, 1.165) is 25.2 Å². The van der Waals surface area contributed by atoms with Gasteiger partial charge >= 0.3 is 0 Å². The molecule has 0 radical (unpaired) electrons. The number of carbonyl (C=O) groups is 1.